The molecule has 0 aromatic carbocycles. The molecular formula is C9H8N2OS. The van der Waals surface area contributed by atoms with Gasteiger partial charge < -0.3 is 4.74 Å². The SMILES string of the molecule is COc1csc(-c2cccnc2)n1. The molecule has 0 fully saturated rings. The second-order valence-electron chi connectivity index (χ2n) is 2.44. The van der Waals surface area contributed by atoms with Crippen LogP contribution in [0.5, 0.6) is 5.88 Å². The fraction of sp³-hybridized carbons (Fsp3) is 0.111. The van der Waals surface area contributed by atoms with Crippen molar-refractivity contribution in [3.05, 3.63) is 29.9 Å². The van der Waals surface area contributed by atoms with Crippen molar-refractivity contribution in [1.29, 1.82) is 0 Å². The van der Waals surface area contributed by atoms with E-state index in [0.29, 0.717) is 5.88 Å². The highest BCUT2D eigenvalue weighted by molar-refractivity contribution is 7.13. The number of hydrogen-bond donors (Lipinski definition) is 0. The zero-order valence-electron chi connectivity index (χ0n) is 7.10. The summed E-state index contributed by atoms with van der Waals surface area (Å²) in [7, 11) is 1.61. The molecule has 0 aliphatic carbocycles. The second-order valence-corrected chi connectivity index (χ2v) is 3.29. The predicted octanol–water partition coefficient (Wildman–Crippen LogP) is 2.21. The normalized spacial score (nSPS) is 9.92. The van der Waals surface area contributed by atoms with Crippen LogP contribution in [0.1, 0.15) is 0 Å². The van der Waals surface area contributed by atoms with Gasteiger partial charge in [-0.2, -0.15) is 0 Å². The van der Waals surface area contributed by atoms with Crippen LogP contribution >= 0.6 is 11.3 Å². The van der Waals surface area contributed by atoms with Crippen LogP contribution in [0.2, 0.25) is 0 Å². The third-order valence-electron chi connectivity index (χ3n) is 1.60. The lowest BCUT2D eigenvalue weighted by Crippen LogP contribution is -1.82. The molecule has 2 heterocycles. The summed E-state index contributed by atoms with van der Waals surface area (Å²) < 4.78 is 5.00. The molecule has 0 radical (unpaired) electrons. The van der Waals surface area contributed by atoms with Crippen molar-refractivity contribution in [2.45, 2.75) is 0 Å². The molecular weight excluding hydrogens is 184 g/mol. The van der Waals surface area contributed by atoms with E-state index in [1.807, 2.05) is 17.5 Å². The van der Waals surface area contributed by atoms with Crippen molar-refractivity contribution in [1.82, 2.24) is 9.97 Å². The highest BCUT2D eigenvalue weighted by Crippen LogP contribution is 2.25. The van der Waals surface area contributed by atoms with Gasteiger partial charge in [-0.25, -0.2) is 4.98 Å². The summed E-state index contributed by atoms with van der Waals surface area (Å²) in [5.74, 6) is 0.656. The molecule has 0 atom stereocenters. The Hall–Kier alpha value is -1.42. The maximum Gasteiger partial charge on any atom is 0.224 e. The van der Waals surface area contributed by atoms with Crippen LogP contribution in [0, 0.1) is 0 Å². The molecule has 2 aromatic rings. The number of ether oxygens (including phenoxy) is 1. The van der Waals surface area contributed by atoms with Gasteiger partial charge >= 0.3 is 0 Å². The number of nitrogens with zero attached hydrogens (tertiary/aromatic N) is 2. The molecule has 0 aliphatic rings. The van der Waals surface area contributed by atoms with Crippen LogP contribution in [-0.2, 0) is 0 Å². The van der Waals surface area contributed by atoms with E-state index in [1.165, 1.54) is 0 Å². The van der Waals surface area contributed by atoms with Gasteiger partial charge in [-0.05, 0) is 12.1 Å². The first-order valence-electron chi connectivity index (χ1n) is 3.80. The fourth-order valence-corrected chi connectivity index (χ4v) is 1.74. The van der Waals surface area contributed by atoms with Crippen molar-refractivity contribution in [2.75, 3.05) is 7.11 Å². The van der Waals surface area contributed by atoms with E-state index in [0.717, 1.165) is 10.6 Å². The Morgan fingerprint density at radius 1 is 1.46 bits per heavy atom. The molecule has 4 heteroatoms. The van der Waals surface area contributed by atoms with Gasteiger partial charge in [0.2, 0.25) is 5.88 Å². The Balaban J connectivity index is 2.36. The lowest BCUT2D eigenvalue weighted by molar-refractivity contribution is 0.401. The minimum atomic E-state index is 0.656. The Bertz CT molecular complexity index is 386. The predicted molar refractivity (Wildman–Crippen MR) is 51.9 cm³/mol. The van der Waals surface area contributed by atoms with Gasteiger partial charge in [0.15, 0.2) is 0 Å². The van der Waals surface area contributed by atoms with Gasteiger partial charge in [0.25, 0.3) is 0 Å². The number of hydrogen-bond acceptors (Lipinski definition) is 4. The van der Waals surface area contributed by atoms with E-state index in [1.54, 1.807) is 30.8 Å². The summed E-state index contributed by atoms with van der Waals surface area (Å²) >= 11 is 1.55. The third kappa shape index (κ3) is 1.67. The van der Waals surface area contributed by atoms with Crippen molar-refractivity contribution in [2.24, 2.45) is 0 Å². The molecule has 2 rings (SSSR count). The summed E-state index contributed by atoms with van der Waals surface area (Å²) in [5.41, 5.74) is 1.02. The van der Waals surface area contributed by atoms with E-state index in [9.17, 15) is 0 Å². The van der Waals surface area contributed by atoms with Gasteiger partial charge in [0.1, 0.15) is 5.01 Å². The molecule has 13 heavy (non-hydrogen) atoms. The molecule has 66 valence electrons. The first kappa shape index (κ1) is 8.19. The van der Waals surface area contributed by atoms with Crippen LogP contribution in [0.25, 0.3) is 10.6 Å². The Kier molecular flexibility index (Phi) is 2.23. The molecule has 0 saturated carbocycles. The van der Waals surface area contributed by atoms with E-state index >= 15 is 0 Å². The van der Waals surface area contributed by atoms with Crippen molar-refractivity contribution in [3.8, 4) is 16.5 Å². The molecule has 3 nitrogen and oxygen atoms in total. The molecule has 2 aromatic heterocycles. The third-order valence-corrected chi connectivity index (χ3v) is 2.47. The maximum absolute atomic E-state index is 5.00. The minimum absolute atomic E-state index is 0.656. The van der Waals surface area contributed by atoms with Gasteiger partial charge in [-0.15, -0.1) is 11.3 Å². The summed E-state index contributed by atoms with van der Waals surface area (Å²) in [6, 6.07) is 3.87. The minimum Gasteiger partial charge on any atom is -0.480 e. The summed E-state index contributed by atoms with van der Waals surface area (Å²) in [6.07, 6.45) is 3.53. The Labute approximate surface area is 80.0 Å². The summed E-state index contributed by atoms with van der Waals surface area (Å²) in [4.78, 5) is 8.28. The average molecular weight is 192 g/mol. The van der Waals surface area contributed by atoms with E-state index in [-0.39, 0.29) is 0 Å². The molecule has 0 spiro atoms. The number of pyridine rings is 1. The standard InChI is InChI=1S/C9H8N2OS/c1-12-8-6-13-9(11-8)7-3-2-4-10-5-7/h2-6H,1H3. The van der Waals surface area contributed by atoms with Crippen LogP contribution in [-0.4, -0.2) is 17.1 Å². The van der Waals surface area contributed by atoms with Crippen LogP contribution in [0.15, 0.2) is 29.9 Å². The first-order chi connectivity index (χ1) is 6.40. The number of thiazole rings is 1. The average Bonchev–Trinajstić information content (AvgIpc) is 2.67. The van der Waals surface area contributed by atoms with Crippen molar-refractivity contribution < 1.29 is 4.74 Å². The van der Waals surface area contributed by atoms with Crippen LogP contribution in [0.3, 0.4) is 0 Å². The van der Waals surface area contributed by atoms with Crippen LogP contribution < -0.4 is 4.74 Å². The first-order valence-corrected chi connectivity index (χ1v) is 4.68. The molecule has 0 saturated heterocycles. The van der Waals surface area contributed by atoms with E-state index in [4.69, 9.17) is 4.74 Å². The highest BCUT2D eigenvalue weighted by atomic mass is 32.1. The molecule has 0 bridgehead atoms. The van der Waals surface area contributed by atoms with E-state index < -0.39 is 0 Å². The summed E-state index contributed by atoms with van der Waals surface area (Å²) in [5, 5.41) is 2.81. The number of aromatic nitrogens is 2. The smallest absolute Gasteiger partial charge is 0.224 e. The van der Waals surface area contributed by atoms with Crippen molar-refractivity contribution in [3.63, 3.8) is 0 Å². The van der Waals surface area contributed by atoms with Crippen LogP contribution in [0.4, 0.5) is 0 Å². The largest absolute Gasteiger partial charge is 0.480 e. The lowest BCUT2D eigenvalue weighted by atomic mass is 10.3. The number of methoxy groups -OCH3 is 1. The van der Waals surface area contributed by atoms with Gasteiger partial charge in [0.05, 0.1) is 12.5 Å². The summed E-state index contributed by atoms with van der Waals surface area (Å²) in [6.45, 7) is 0. The molecule has 0 aliphatic heterocycles. The van der Waals surface area contributed by atoms with E-state index in [2.05, 4.69) is 9.97 Å². The maximum atomic E-state index is 5.00. The molecule has 0 amide bonds. The molecule has 0 unspecified atom stereocenters. The zero-order valence-corrected chi connectivity index (χ0v) is 7.91. The Morgan fingerprint density at radius 3 is 3.00 bits per heavy atom. The monoisotopic (exact) mass is 192 g/mol. The van der Waals surface area contributed by atoms with Gasteiger partial charge in [0, 0.05) is 18.0 Å². The topological polar surface area (TPSA) is 35.0 Å². The van der Waals surface area contributed by atoms with Crippen molar-refractivity contribution >= 4 is 11.3 Å². The quantitative estimate of drug-likeness (QED) is 0.731. The second kappa shape index (κ2) is 3.53. The molecule has 0 N–H and O–H groups in total. The van der Waals surface area contributed by atoms with Gasteiger partial charge in [-0.3, -0.25) is 4.98 Å². The van der Waals surface area contributed by atoms with Gasteiger partial charge in [-0.1, -0.05) is 0 Å². The lowest BCUT2D eigenvalue weighted by Gasteiger charge is -1.92. The Morgan fingerprint density at radius 2 is 2.38 bits per heavy atom. The zero-order chi connectivity index (χ0) is 9.10. The number of rotatable bonds is 2. The fourth-order valence-electron chi connectivity index (χ4n) is 0.975. The highest BCUT2D eigenvalue weighted by Gasteiger charge is 2.03.